The molecule has 0 N–H and O–H groups in total. The van der Waals surface area contributed by atoms with Crippen molar-refractivity contribution in [3.05, 3.63) is 114 Å². The molecule has 5 aromatic carbocycles. The molecule has 4 atom stereocenters. The van der Waals surface area contributed by atoms with Crippen LogP contribution in [0.2, 0.25) is 0 Å². The predicted molar refractivity (Wildman–Crippen MR) is 182 cm³/mol. The number of hydrogen-bond acceptors (Lipinski definition) is 4. The third kappa shape index (κ3) is 5.07. The fraction of sp³-hybridized carbons (Fsp3) is 0.268. The molecule has 1 unspecified atom stereocenters. The van der Waals surface area contributed by atoms with Crippen molar-refractivity contribution in [2.45, 2.75) is 51.4 Å². The molecule has 2 saturated carbocycles. The highest BCUT2D eigenvalue weighted by molar-refractivity contribution is 6.08. The molecule has 1 heterocycles. The van der Waals surface area contributed by atoms with Crippen LogP contribution in [0.15, 0.2) is 103 Å². The first-order chi connectivity index (χ1) is 22.0. The van der Waals surface area contributed by atoms with E-state index in [0.717, 1.165) is 56.0 Å². The molecule has 6 aromatic rings. The number of benzene rings is 5. The highest BCUT2D eigenvalue weighted by atomic mass is 15.0. The zero-order valence-electron chi connectivity index (χ0n) is 25.9. The number of rotatable bonds is 4. The second-order valence-electron chi connectivity index (χ2n) is 13.7. The Balaban J connectivity index is 1.21. The van der Waals surface area contributed by atoms with Crippen molar-refractivity contribution in [1.82, 2.24) is 15.0 Å². The third-order valence-corrected chi connectivity index (χ3v) is 10.3. The number of hydrogen-bond donors (Lipinski definition) is 0. The van der Waals surface area contributed by atoms with Crippen LogP contribution in [0.3, 0.4) is 0 Å². The van der Waals surface area contributed by atoms with E-state index in [1.54, 1.807) is 0 Å². The smallest absolute Gasteiger partial charge is 0.164 e. The summed E-state index contributed by atoms with van der Waals surface area (Å²) in [7, 11) is 0. The standard InChI is InChI=1S/C41H36N4/c1-26-18-29-19-27(2)23-41(22-26,24-29)35-14-11-31(12-15-35)39-43-38(30-6-4-3-5-7-30)44-40(45-39)34-13-17-37-33(21-34)10-9-32-20-28(25-42)8-16-36(32)37/h3-17,20-21,26-27,29H,18-19,22-24H2,1-2H3/t26-,27+,29-,41?. The van der Waals surface area contributed by atoms with E-state index in [0.29, 0.717) is 28.5 Å². The van der Waals surface area contributed by atoms with Crippen molar-refractivity contribution >= 4 is 21.5 Å². The van der Waals surface area contributed by atoms with Gasteiger partial charge in [-0.05, 0) is 101 Å². The molecule has 4 nitrogen and oxygen atoms in total. The predicted octanol–water partition coefficient (Wildman–Crippen LogP) is 10.2. The van der Waals surface area contributed by atoms with Crippen molar-refractivity contribution in [3.63, 3.8) is 0 Å². The van der Waals surface area contributed by atoms with Gasteiger partial charge in [-0.3, -0.25) is 0 Å². The van der Waals surface area contributed by atoms with Gasteiger partial charge in [0.2, 0.25) is 0 Å². The quantitative estimate of drug-likeness (QED) is 0.193. The molecule has 0 amide bonds. The minimum Gasteiger partial charge on any atom is -0.208 e. The Hall–Kier alpha value is -4.88. The molecule has 45 heavy (non-hydrogen) atoms. The summed E-state index contributed by atoms with van der Waals surface area (Å²) in [6, 6.07) is 38.0. The lowest BCUT2D eigenvalue weighted by molar-refractivity contribution is 0.0780. The van der Waals surface area contributed by atoms with Crippen molar-refractivity contribution in [1.29, 1.82) is 5.26 Å². The first-order valence-electron chi connectivity index (χ1n) is 16.3. The van der Waals surface area contributed by atoms with Gasteiger partial charge in [-0.25, -0.2) is 15.0 Å². The Kier molecular flexibility index (Phi) is 6.72. The van der Waals surface area contributed by atoms with Gasteiger partial charge in [-0.15, -0.1) is 0 Å². The average Bonchev–Trinajstić information content (AvgIpc) is 3.07. The monoisotopic (exact) mass is 584 g/mol. The SMILES string of the molecule is C[C@@H]1C[C@@H]2C[C@H](C)CC(c3ccc(-c4nc(-c5ccccc5)nc(-c5ccc6c(ccc7cc(C#N)ccc76)c5)n4)cc3)(C1)C2. The maximum Gasteiger partial charge on any atom is 0.164 e. The van der Waals surface area contributed by atoms with Crippen LogP contribution in [-0.2, 0) is 5.41 Å². The number of fused-ring (bicyclic) bond motifs is 5. The molecule has 0 spiro atoms. The van der Waals surface area contributed by atoms with Crippen LogP contribution in [0.1, 0.15) is 57.1 Å². The van der Waals surface area contributed by atoms with E-state index >= 15 is 0 Å². The summed E-state index contributed by atoms with van der Waals surface area (Å²) in [5, 5.41) is 13.8. The maximum absolute atomic E-state index is 9.34. The summed E-state index contributed by atoms with van der Waals surface area (Å²) in [5.41, 5.74) is 5.38. The van der Waals surface area contributed by atoms with Crippen molar-refractivity contribution in [3.8, 4) is 40.2 Å². The Morgan fingerprint density at radius 3 is 1.80 bits per heavy atom. The lowest BCUT2D eigenvalue weighted by atomic mass is 9.54. The molecule has 0 aliphatic heterocycles. The van der Waals surface area contributed by atoms with E-state index in [9.17, 15) is 5.26 Å². The summed E-state index contributed by atoms with van der Waals surface area (Å²) in [6.07, 6.45) is 6.67. The summed E-state index contributed by atoms with van der Waals surface area (Å²) in [5.74, 6) is 4.44. The van der Waals surface area contributed by atoms with Crippen molar-refractivity contribution in [2.75, 3.05) is 0 Å². The molecular weight excluding hydrogens is 548 g/mol. The van der Waals surface area contributed by atoms with Gasteiger partial charge in [-0.2, -0.15) is 5.26 Å². The van der Waals surface area contributed by atoms with Gasteiger partial charge in [0, 0.05) is 16.7 Å². The topological polar surface area (TPSA) is 62.5 Å². The minimum absolute atomic E-state index is 0.295. The third-order valence-electron chi connectivity index (χ3n) is 10.3. The van der Waals surface area contributed by atoms with Crippen molar-refractivity contribution < 1.29 is 0 Å². The minimum atomic E-state index is 0.295. The molecule has 2 fully saturated rings. The van der Waals surface area contributed by atoms with E-state index in [1.807, 2.05) is 36.4 Å². The maximum atomic E-state index is 9.34. The largest absolute Gasteiger partial charge is 0.208 e. The van der Waals surface area contributed by atoms with Crippen LogP contribution in [0.25, 0.3) is 55.7 Å². The number of nitriles is 1. The fourth-order valence-corrected chi connectivity index (χ4v) is 8.66. The summed E-state index contributed by atoms with van der Waals surface area (Å²) >= 11 is 0. The van der Waals surface area contributed by atoms with E-state index in [1.165, 1.54) is 37.7 Å². The first-order valence-corrected chi connectivity index (χ1v) is 16.3. The van der Waals surface area contributed by atoms with Crippen LogP contribution < -0.4 is 0 Å². The van der Waals surface area contributed by atoms with Gasteiger partial charge in [0.15, 0.2) is 17.5 Å². The molecule has 0 saturated heterocycles. The molecule has 8 rings (SSSR count). The van der Waals surface area contributed by atoms with Crippen LogP contribution in [-0.4, -0.2) is 15.0 Å². The molecule has 2 aliphatic carbocycles. The Bertz CT molecular complexity index is 2070. The molecule has 0 radical (unpaired) electrons. The Morgan fingerprint density at radius 2 is 1.16 bits per heavy atom. The Labute approximate surface area is 264 Å². The number of aromatic nitrogens is 3. The summed E-state index contributed by atoms with van der Waals surface area (Å²) in [4.78, 5) is 15.0. The van der Waals surface area contributed by atoms with Gasteiger partial charge in [0.05, 0.1) is 11.6 Å². The fourth-order valence-electron chi connectivity index (χ4n) is 8.66. The molecule has 220 valence electrons. The zero-order chi connectivity index (χ0) is 30.5. The zero-order valence-corrected chi connectivity index (χ0v) is 25.9. The molecule has 1 aromatic heterocycles. The van der Waals surface area contributed by atoms with E-state index in [4.69, 9.17) is 15.0 Å². The first kappa shape index (κ1) is 27.7. The van der Waals surface area contributed by atoms with Gasteiger partial charge in [0.25, 0.3) is 0 Å². The van der Waals surface area contributed by atoms with E-state index < -0.39 is 0 Å². The van der Waals surface area contributed by atoms with Gasteiger partial charge in [0.1, 0.15) is 0 Å². The summed E-state index contributed by atoms with van der Waals surface area (Å²) < 4.78 is 0. The van der Waals surface area contributed by atoms with E-state index in [-0.39, 0.29) is 0 Å². The van der Waals surface area contributed by atoms with Crippen molar-refractivity contribution in [2.24, 2.45) is 17.8 Å². The second kappa shape index (κ2) is 10.9. The molecule has 2 bridgehead atoms. The van der Waals surface area contributed by atoms with Crippen LogP contribution in [0.4, 0.5) is 0 Å². The van der Waals surface area contributed by atoms with Crippen LogP contribution >= 0.6 is 0 Å². The molecule has 2 aliphatic rings. The number of nitrogens with zero attached hydrogens (tertiary/aromatic N) is 4. The molecular formula is C41H36N4. The lowest BCUT2D eigenvalue weighted by Gasteiger charge is -2.50. The van der Waals surface area contributed by atoms with Crippen LogP contribution in [0, 0.1) is 29.1 Å². The second-order valence-corrected chi connectivity index (χ2v) is 13.7. The van der Waals surface area contributed by atoms with Gasteiger partial charge >= 0.3 is 0 Å². The Morgan fingerprint density at radius 1 is 0.600 bits per heavy atom. The van der Waals surface area contributed by atoms with Crippen LogP contribution in [0.5, 0.6) is 0 Å². The normalized spacial score (nSPS) is 22.7. The molecule has 4 heteroatoms. The van der Waals surface area contributed by atoms with Gasteiger partial charge < -0.3 is 0 Å². The van der Waals surface area contributed by atoms with E-state index in [2.05, 4.69) is 86.6 Å². The average molecular weight is 585 g/mol. The lowest BCUT2D eigenvalue weighted by Crippen LogP contribution is -2.42. The summed E-state index contributed by atoms with van der Waals surface area (Å²) in [6.45, 7) is 4.89. The highest BCUT2D eigenvalue weighted by Crippen LogP contribution is 2.54. The van der Waals surface area contributed by atoms with Gasteiger partial charge in [-0.1, -0.05) is 98.8 Å². The highest BCUT2D eigenvalue weighted by Gasteiger charge is 2.45.